The SMILES string of the molecule is CC1(C2CCCCC2)NC(=O)N(CC(O)c2ccc(F)cc2)C1=O. The lowest BCUT2D eigenvalue weighted by Gasteiger charge is -2.34. The van der Waals surface area contributed by atoms with Crippen LogP contribution in [-0.2, 0) is 4.79 Å². The van der Waals surface area contributed by atoms with Gasteiger partial charge in [0.15, 0.2) is 0 Å². The van der Waals surface area contributed by atoms with E-state index in [-0.39, 0.29) is 18.4 Å². The molecule has 2 aliphatic rings. The van der Waals surface area contributed by atoms with E-state index in [1.165, 1.54) is 30.7 Å². The van der Waals surface area contributed by atoms with Crippen LogP contribution in [0, 0.1) is 11.7 Å². The normalized spacial score (nSPS) is 26.5. The third kappa shape index (κ3) is 3.02. The Morgan fingerprint density at radius 3 is 2.50 bits per heavy atom. The number of hydrogen-bond donors (Lipinski definition) is 2. The van der Waals surface area contributed by atoms with Crippen molar-refractivity contribution in [3.63, 3.8) is 0 Å². The zero-order valence-electron chi connectivity index (χ0n) is 13.8. The molecule has 1 saturated carbocycles. The van der Waals surface area contributed by atoms with Gasteiger partial charge in [0.05, 0.1) is 12.6 Å². The second-order valence-corrected chi connectivity index (χ2v) is 6.95. The number of hydrogen-bond acceptors (Lipinski definition) is 3. The van der Waals surface area contributed by atoms with Crippen LogP contribution in [0.2, 0.25) is 0 Å². The molecule has 1 aliphatic carbocycles. The van der Waals surface area contributed by atoms with E-state index >= 15 is 0 Å². The molecule has 1 saturated heterocycles. The Labute approximate surface area is 140 Å². The summed E-state index contributed by atoms with van der Waals surface area (Å²) in [5.74, 6) is -0.540. The highest BCUT2D eigenvalue weighted by Crippen LogP contribution is 2.36. The molecule has 0 aromatic heterocycles. The Hall–Kier alpha value is -1.95. The summed E-state index contributed by atoms with van der Waals surface area (Å²) in [5.41, 5.74) is -0.414. The number of urea groups is 1. The highest BCUT2D eigenvalue weighted by molar-refractivity contribution is 6.07. The average molecular weight is 334 g/mol. The van der Waals surface area contributed by atoms with E-state index in [1.54, 1.807) is 6.92 Å². The number of amides is 3. The Kier molecular flexibility index (Phi) is 4.58. The molecule has 0 spiro atoms. The van der Waals surface area contributed by atoms with Crippen LogP contribution in [0.5, 0.6) is 0 Å². The van der Waals surface area contributed by atoms with Crippen molar-refractivity contribution in [1.29, 1.82) is 0 Å². The Morgan fingerprint density at radius 2 is 1.88 bits per heavy atom. The van der Waals surface area contributed by atoms with E-state index < -0.39 is 23.5 Å². The van der Waals surface area contributed by atoms with Crippen molar-refractivity contribution in [2.75, 3.05) is 6.54 Å². The monoisotopic (exact) mass is 334 g/mol. The van der Waals surface area contributed by atoms with Gasteiger partial charge < -0.3 is 10.4 Å². The topological polar surface area (TPSA) is 69.6 Å². The highest BCUT2D eigenvalue weighted by atomic mass is 19.1. The zero-order valence-corrected chi connectivity index (χ0v) is 13.8. The molecular formula is C18H23FN2O3. The van der Waals surface area contributed by atoms with Gasteiger partial charge in [0, 0.05) is 0 Å². The minimum Gasteiger partial charge on any atom is -0.387 e. The van der Waals surface area contributed by atoms with Crippen LogP contribution in [0.4, 0.5) is 9.18 Å². The molecule has 1 heterocycles. The van der Waals surface area contributed by atoms with Crippen LogP contribution < -0.4 is 5.32 Å². The Morgan fingerprint density at radius 1 is 1.25 bits per heavy atom. The molecule has 0 radical (unpaired) electrons. The summed E-state index contributed by atoms with van der Waals surface area (Å²) in [5, 5.41) is 13.1. The fourth-order valence-electron chi connectivity index (χ4n) is 3.80. The van der Waals surface area contributed by atoms with E-state index in [4.69, 9.17) is 0 Å². The quantitative estimate of drug-likeness (QED) is 0.832. The first-order valence-corrected chi connectivity index (χ1v) is 8.49. The van der Waals surface area contributed by atoms with Gasteiger partial charge in [0.2, 0.25) is 0 Å². The molecule has 1 aromatic carbocycles. The first-order chi connectivity index (χ1) is 11.4. The fraction of sp³-hybridized carbons (Fsp3) is 0.556. The van der Waals surface area contributed by atoms with Gasteiger partial charge in [-0.05, 0) is 43.4 Å². The predicted molar refractivity (Wildman–Crippen MR) is 86.6 cm³/mol. The van der Waals surface area contributed by atoms with Gasteiger partial charge >= 0.3 is 6.03 Å². The number of nitrogens with one attached hydrogen (secondary N) is 1. The molecule has 24 heavy (non-hydrogen) atoms. The number of carbonyl (C=O) groups excluding carboxylic acids is 2. The number of aliphatic hydroxyl groups excluding tert-OH is 1. The van der Waals surface area contributed by atoms with Crippen LogP contribution in [0.1, 0.15) is 50.7 Å². The maximum absolute atomic E-state index is 13.0. The van der Waals surface area contributed by atoms with Crippen LogP contribution in [0.25, 0.3) is 0 Å². The standard InChI is InChI=1S/C18H23FN2O3/c1-18(13-5-3-2-4-6-13)16(23)21(17(24)20-18)11-15(22)12-7-9-14(19)10-8-12/h7-10,13,15,22H,2-6,11H2,1H3,(H,20,24). The lowest BCUT2D eigenvalue weighted by atomic mass is 9.75. The maximum Gasteiger partial charge on any atom is 0.325 e. The van der Waals surface area contributed by atoms with Gasteiger partial charge in [0.25, 0.3) is 5.91 Å². The summed E-state index contributed by atoms with van der Waals surface area (Å²) in [6.45, 7) is 1.66. The number of rotatable bonds is 4. The largest absolute Gasteiger partial charge is 0.387 e. The second kappa shape index (κ2) is 6.51. The predicted octanol–water partition coefficient (Wildman–Crippen LogP) is 2.75. The van der Waals surface area contributed by atoms with Gasteiger partial charge in [-0.3, -0.25) is 9.69 Å². The van der Waals surface area contributed by atoms with E-state index in [0.29, 0.717) is 5.56 Å². The van der Waals surface area contributed by atoms with E-state index in [1.807, 2.05) is 0 Å². The summed E-state index contributed by atoms with van der Waals surface area (Å²) >= 11 is 0. The smallest absolute Gasteiger partial charge is 0.325 e. The number of imide groups is 1. The number of halogens is 1. The lowest BCUT2D eigenvalue weighted by Crippen LogP contribution is -2.51. The summed E-state index contributed by atoms with van der Waals surface area (Å²) in [6.07, 6.45) is 4.13. The van der Waals surface area contributed by atoms with Crippen molar-refractivity contribution < 1.29 is 19.1 Å². The van der Waals surface area contributed by atoms with E-state index in [2.05, 4.69) is 5.32 Å². The van der Waals surface area contributed by atoms with Crippen LogP contribution in [0.15, 0.2) is 24.3 Å². The molecule has 2 atom stereocenters. The van der Waals surface area contributed by atoms with E-state index in [0.717, 1.165) is 30.6 Å². The molecule has 6 heteroatoms. The summed E-state index contributed by atoms with van der Waals surface area (Å²) in [6, 6.07) is 4.94. The molecule has 1 aliphatic heterocycles. The fourth-order valence-corrected chi connectivity index (χ4v) is 3.80. The van der Waals surface area contributed by atoms with Crippen molar-refractivity contribution in [1.82, 2.24) is 10.2 Å². The van der Waals surface area contributed by atoms with Crippen LogP contribution >= 0.6 is 0 Å². The lowest BCUT2D eigenvalue weighted by molar-refractivity contribution is -0.134. The Balaban J connectivity index is 1.73. The molecule has 5 nitrogen and oxygen atoms in total. The molecule has 2 N–H and O–H groups in total. The molecule has 1 aromatic rings. The molecule has 0 bridgehead atoms. The molecule has 3 rings (SSSR count). The van der Waals surface area contributed by atoms with Crippen LogP contribution in [-0.4, -0.2) is 34.0 Å². The van der Waals surface area contributed by atoms with Crippen molar-refractivity contribution in [3.05, 3.63) is 35.6 Å². The number of carbonyl (C=O) groups is 2. The molecule has 2 fully saturated rings. The van der Waals surface area contributed by atoms with Crippen LogP contribution in [0.3, 0.4) is 0 Å². The molecular weight excluding hydrogens is 311 g/mol. The number of β-amino-alcohol motifs (C(OH)–C–C–N with tert-alkyl or cyclic N) is 1. The first-order valence-electron chi connectivity index (χ1n) is 8.49. The third-order valence-electron chi connectivity index (χ3n) is 5.33. The summed E-state index contributed by atoms with van der Waals surface area (Å²) in [7, 11) is 0. The minimum absolute atomic E-state index is 0.126. The van der Waals surface area contributed by atoms with Gasteiger partial charge in [-0.2, -0.15) is 0 Å². The highest BCUT2D eigenvalue weighted by Gasteiger charge is 2.52. The molecule has 130 valence electrons. The first kappa shape index (κ1) is 16.9. The minimum atomic E-state index is -1.03. The van der Waals surface area contributed by atoms with Gasteiger partial charge in [-0.15, -0.1) is 0 Å². The zero-order chi connectivity index (χ0) is 17.3. The second-order valence-electron chi connectivity index (χ2n) is 6.95. The van der Waals surface area contributed by atoms with Crippen molar-refractivity contribution in [3.8, 4) is 0 Å². The summed E-state index contributed by atoms with van der Waals surface area (Å²) in [4.78, 5) is 26.2. The van der Waals surface area contributed by atoms with Crippen molar-refractivity contribution >= 4 is 11.9 Å². The van der Waals surface area contributed by atoms with Gasteiger partial charge in [-0.25, -0.2) is 9.18 Å². The maximum atomic E-state index is 13.0. The van der Waals surface area contributed by atoms with E-state index in [9.17, 15) is 19.1 Å². The van der Waals surface area contributed by atoms with Gasteiger partial charge in [-0.1, -0.05) is 31.4 Å². The average Bonchev–Trinajstić information content (AvgIpc) is 2.80. The van der Waals surface area contributed by atoms with Gasteiger partial charge in [0.1, 0.15) is 11.4 Å². The molecule has 2 unspecified atom stereocenters. The molecule has 3 amide bonds. The van der Waals surface area contributed by atoms with Crippen molar-refractivity contribution in [2.45, 2.75) is 50.7 Å². The summed E-state index contributed by atoms with van der Waals surface area (Å²) < 4.78 is 13.0. The number of aliphatic hydroxyl groups is 1. The number of benzene rings is 1. The number of nitrogens with zero attached hydrogens (tertiary/aromatic N) is 1. The van der Waals surface area contributed by atoms with Crippen molar-refractivity contribution in [2.24, 2.45) is 5.92 Å². The third-order valence-corrected chi connectivity index (χ3v) is 5.33. The Bertz CT molecular complexity index is 628.